The Bertz CT molecular complexity index is 515. The molecule has 0 aromatic heterocycles. The first-order chi connectivity index (χ1) is 9.02. The van der Waals surface area contributed by atoms with Gasteiger partial charge in [-0.25, -0.2) is 0 Å². The number of hydrogen-bond acceptors (Lipinski definition) is 4. The molecule has 0 bridgehead atoms. The van der Waals surface area contributed by atoms with Crippen LogP contribution in [-0.4, -0.2) is 44.2 Å². The lowest BCUT2D eigenvalue weighted by molar-refractivity contribution is -0.135. The fourth-order valence-electron chi connectivity index (χ4n) is 2.15. The minimum Gasteiger partial charge on any atom is -0.497 e. The predicted molar refractivity (Wildman–Crippen MR) is 70.9 cm³/mol. The molecule has 1 aromatic rings. The third-order valence-electron chi connectivity index (χ3n) is 3.18. The van der Waals surface area contributed by atoms with Gasteiger partial charge in [0.25, 0.3) is 0 Å². The van der Waals surface area contributed by atoms with Gasteiger partial charge in [0.05, 0.1) is 18.5 Å². The second-order valence-electron chi connectivity index (χ2n) is 4.37. The van der Waals surface area contributed by atoms with E-state index < -0.39 is 5.97 Å². The van der Waals surface area contributed by atoms with Crippen LogP contribution >= 0.6 is 0 Å². The van der Waals surface area contributed by atoms with Gasteiger partial charge in [0.2, 0.25) is 5.91 Å². The lowest BCUT2D eigenvalue weighted by atomic mass is 10.2. The summed E-state index contributed by atoms with van der Waals surface area (Å²) in [5.74, 6) is -0.318. The van der Waals surface area contributed by atoms with Gasteiger partial charge < -0.3 is 19.6 Å². The van der Waals surface area contributed by atoms with Gasteiger partial charge in [-0.3, -0.25) is 9.59 Å². The van der Waals surface area contributed by atoms with Crippen LogP contribution in [0.3, 0.4) is 0 Å². The number of hydrogen-bond donors (Lipinski definition) is 1. The molecule has 0 spiro atoms. The van der Waals surface area contributed by atoms with Crippen molar-refractivity contribution in [2.75, 3.05) is 37.0 Å². The van der Waals surface area contributed by atoms with E-state index in [9.17, 15) is 9.59 Å². The van der Waals surface area contributed by atoms with E-state index in [4.69, 9.17) is 9.84 Å². The number of amides is 1. The van der Waals surface area contributed by atoms with Crippen molar-refractivity contribution in [1.82, 2.24) is 0 Å². The summed E-state index contributed by atoms with van der Waals surface area (Å²) in [5, 5.41) is 8.97. The molecule has 1 N–H and O–H groups in total. The molecule has 1 aromatic carbocycles. The van der Waals surface area contributed by atoms with Crippen LogP contribution in [-0.2, 0) is 9.59 Å². The molecule has 1 aliphatic rings. The van der Waals surface area contributed by atoms with Gasteiger partial charge in [0, 0.05) is 26.1 Å². The van der Waals surface area contributed by atoms with E-state index in [0.29, 0.717) is 30.1 Å². The summed E-state index contributed by atoms with van der Waals surface area (Å²) >= 11 is 0. The molecule has 0 saturated heterocycles. The number of nitrogens with zero attached hydrogens (tertiary/aromatic N) is 2. The molecule has 102 valence electrons. The Balaban J connectivity index is 2.48. The van der Waals surface area contributed by atoms with Crippen LogP contribution in [0, 0.1) is 0 Å². The number of fused-ring (bicyclic) bond motifs is 1. The van der Waals surface area contributed by atoms with Crippen molar-refractivity contribution in [3.05, 3.63) is 18.2 Å². The molecule has 1 aliphatic heterocycles. The molecule has 19 heavy (non-hydrogen) atoms. The van der Waals surface area contributed by atoms with Gasteiger partial charge >= 0.3 is 5.97 Å². The summed E-state index contributed by atoms with van der Waals surface area (Å²) in [7, 11) is 3.24. The summed E-state index contributed by atoms with van der Waals surface area (Å²) in [4.78, 5) is 26.1. The first kappa shape index (κ1) is 13.2. The van der Waals surface area contributed by atoms with Crippen LogP contribution in [0.4, 0.5) is 11.4 Å². The Labute approximate surface area is 111 Å². The maximum absolute atomic E-state index is 11.9. The maximum atomic E-state index is 11.9. The number of methoxy groups -OCH3 is 1. The molecule has 0 atom stereocenters. The zero-order valence-electron chi connectivity index (χ0n) is 10.9. The highest BCUT2D eigenvalue weighted by Gasteiger charge is 2.25. The largest absolute Gasteiger partial charge is 0.497 e. The van der Waals surface area contributed by atoms with Crippen LogP contribution in [0.5, 0.6) is 5.75 Å². The number of rotatable bonds is 3. The van der Waals surface area contributed by atoms with E-state index in [-0.39, 0.29) is 12.5 Å². The van der Waals surface area contributed by atoms with Crippen LogP contribution in [0.25, 0.3) is 0 Å². The monoisotopic (exact) mass is 264 g/mol. The summed E-state index contributed by atoms with van der Waals surface area (Å²) in [6.45, 7) is 0.247. The van der Waals surface area contributed by atoms with Crippen molar-refractivity contribution in [3.63, 3.8) is 0 Å². The molecule has 2 rings (SSSR count). The number of carbonyl (C=O) groups is 2. The van der Waals surface area contributed by atoms with Crippen molar-refractivity contribution < 1.29 is 19.4 Å². The molecule has 0 fully saturated rings. The molecule has 1 heterocycles. The normalized spacial score (nSPS) is 14.9. The van der Waals surface area contributed by atoms with E-state index in [1.165, 1.54) is 0 Å². The molecular weight excluding hydrogens is 248 g/mol. The minimum absolute atomic E-state index is 0.0284. The maximum Gasteiger partial charge on any atom is 0.323 e. The summed E-state index contributed by atoms with van der Waals surface area (Å²) < 4.78 is 5.16. The number of anilines is 2. The van der Waals surface area contributed by atoms with Crippen molar-refractivity contribution in [3.8, 4) is 5.75 Å². The average molecular weight is 264 g/mol. The van der Waals surface area contributed by atoms with Gasteiger partial charge in [0.15, 0.2) is 0 Å². The standard InChI is InChI=1S/C13H16N2O4/c1-14-10-4-3-9(19-2)7-11(10)15(8-13(17)18)6-5-12(14)16/h3-4,7H,5-6,8H2,1-2H3,(H,17,18). The van der Waals surface area contributed by atoms with Gasteiger partial charge in [-0.15, -0.1) is 0 Å². The Hall–Kier alpha value is -2.24. The number of aliphatic carboxylic acids is 1. The molecule has 0 radical (unpaired) electrons. The number of carboxylic acids is 1. The van der Waals surface area contributed by atoms with Gasteiger partial charge in [-0.2, -0.15) is 0 Å². The first-order valence-electron chi connectivity index (χ1n) is 5.94. The van der Waals surface area contributed by atoms with E-state index in [1.807, 2.05) is 0 Å². The van der Waals surface area contributed by atoms with E-state index in [0.717, 1.165) is 0 Å². The molecular formula is C13H16N2O4. The first-order valence-corrected chi connectivity index (χ1v) is 5.94. The zero-order chi connectivity index (χ0) is 14.0. The third kappa shape index (κ3) is 2.62. The minimum atomic E-state index is -0.925. The van der Waals surface area contributed by atoms with Crippen molar-refractivity contribution >= 4 is 23.3 Å². The second kappa shape index (κ2) is 5.17. The third-order valence-corrected chi connectivity index (χ3v) is 3.18. The van der Waals surface area contributed by atoms with Crippen molar-refractivity contribution in [1.29, 1.82) is 0 Å². The van der Waals surface area contributed by atoms with E-state index in [2.05, 4.69) is 0 Å². The molecule has 6 nitrogen and oxygen atoms in total. The van der Waals surface area contributed by atoms with Gasteiger partial charge in [0.1, 0.15) is 12.3 Å². The van der Waals surface area contributed by atoms with Crippen molar-refractivity contribution in [2.24, 2.45) is 0 Å². The fourth-order valence-corrected chi connectivity index (χ4v) is 2.15. The highest BCUT2D eigenvalue weighted by molar-refractivity contribution is 5.98. The predicted octanol–water partition coefficient (Wildman–Crippen LogP) is 0.953. The quantitative estimate of drug-likeness (QED) is 0.880. The van der Waals surface area contributed by atoms with E-state index in [1.54, 1.807) is 42.2 Å². The molecule has 1 amide bonds. The van der Waals surface area contributed by atoms with Gasteiger partial charge in [-0.1, -0.05) is 0 Å². The summed E-state index contributed by atoms with van der Waals surface area (Å²) in [6.07, 6.45) is 0.292. The highest BCUT2D eigenvalue weighted by atomic mass is 16.5. The number of ether oxygens (including phenoxy) is 1. The topological polar surface area (TPSA) is 70.1 Å². The Morgan fingerprint density at radius 2 is 2.16 bits per heavy atom. The SMILES string of the molecule is COc1ccc2c(c1)N(CC(=O)O)CCC(=O)N2C. The smallest absolute Gasteiger partial charge is 0.323 e. The van der Waals surface area contributed by atoms with Crippen molar-refractivity contribution in [2.45, 2.75) is 6.42 Å². The van der Waals surface area contributed by atoms with Crippen LogP contribution in [0.15, 0.2) is 18.2 Å². The molecule has 0 saturated carbocycles. The highest BCUT2D eigenvalue weighted by Crippen LogP contribution is 2.35. The lowest BCUT2D eigenvalue weighted by Gasteiger charge is -2.24. The lowest BCUT2D eigenvalue weighted by Crippen LogP contribution is -2.30. The van der Waals surface area contributed by atoms with Crippen LogP contribution in [0.1, 0.15) is 6.42 Å². The molecule has 0 unspecified atom stereocenters. The second-order valence-corrected chi connectivity index (χ2v) is 4.37. The van der Waals surface area contributed by atoms with Crippen LogP contribution < -0.4 is 14.5 Å². The number of carboxylic acid groups (broad SMARTS) is 1. The Morgan fingerprint density at radius 3 is 2.79 bits per heavy atom. The van der Waals surface area contributed by atoms with Gasteiger partial charge in [-0.05, 0) is 12.1 Å². The Kier molecular flexibility index (Phi) is 3.59. The molecule has 0 aliphatic carbocycles. The fraction of sp³-hybridized carbons (Fsp3) is 0.385. The number of carbonyl (C=O) groups excluding carboxylic acids is 1. The Morgan fingerprint density at radius 1 is 1.42 bits per heavy atom. The van der Waals surface area contributed by atoms with E-state index >= 15 is 0 Å². The average Bonchev–Trinajstić information content (AvgIpc) is 2.50. The summed E-state index contributed by atoms with van der Waals surface area (Å²) in [5.41, 5.74) is 1.40. The zero-order valence-corrected chi connectivity index (χ0v) is 10.9. The van der Waals surface area contributed by atoms with Crippen LogP contribution in [0.2, 0.25) is 0 Å². The summed E-state index contributed by atoms with van der Waals surface area (Å²) in [6, 6.07) is 5.28. The molecule has 6 heteroatoms. The number of benzene rings is 1.